The van der Waals surface area contributed by atoms with Gasteiger partial charge in [-0.25, -0.2) is 9.97 Å². The summed E-state index contributed by atoms with van der Waals surface area (Å²) in [5.41, 5.74) is 3.90. The third-order valence-electron chi connectivity index (χ3n) is 8.26. The minimum atomic E-state index is -0.935. The van der Waals surface area contributed by atoms with Crippen molar-refractivity contribution in [1.29, 1.82) is 0 Å². The molecule has 0 bridgehead atoms. The smallest absolute Gasteiger partial charge is 0.310 e. The fourth-order valence-electron chi connectivity index (χ4n) is 5.42. The Hall–Kier alpha value is -5.25. The van der Waals surface area contributed by atoms with E-state index in [0.717, 1.165) is 40.8 Å². The van der Waals surface area contributed by atoms with Gasteiger partial charge in [0.1, 0.15) is 17.5 Å². The molecule has 1 fully saturated rings. The quantitative estimate of drug-likeness (QED) is 0.152. The van der Waals surface area contributed by atoms with Crippen LogP contribution in [-0.4, -0.2) is 70.1 Å². The van der Waals surface area contributed by atoms with Crippen LogP contribution >= 0.6 is 0 Å². The number of likely N-dealkylation sites (tertiary alicyclic amines) is 1. The van der Waals surface area contributed by atoms with Gasteiger partial charge in [0.25, 0.3) is 5.91 Å². The molecule has 1 unspecified atom stereocenters. The Morgan fingerprint density at radius 2 is 1.46 bits per heavy atom. The van der Waals surface area contributed by atoms with Gasteiger partial charge in [-0.1, -0.05) is 50.2 Å². The SMILES string of the molecule is CCOc1ccc(C(=O)NC(Cc2ccc(-c3ncc(-c4ccc(OCCCC(C)C)cc4)cn3)cc2)C(=O)N2CC(C(=O)O)C2)cc1. The van der Waals surface area contributed by atoms with Crippen LogP contribution in [0.5, 0.6) is 11.5 Å². The van der Waals surface area contributed by atoms with Crippen molar-refractivity contribution in [2.45, 2.75) is 46.1 Å². The number of aliphatic carboxylic acids is 1. The topological polar surface area (TPSA) is 131 Å². The molecule has 0 spiro atoms. The van der Waals surface area contributed by atoms with E-state index in [1.54, 1.807) is 36.7 Å². The summed E-state index contributed by atoms with van der Waals surface area (Å²) in [7, 11) is 0. The molecule has 0 radical (unpaired) electrons. The van der Waals surface area contributed by atoms with E-state index in [2.05, 4.69) is 29.1 Å². The molecule has 10 heteroatoms. The van der Waals surface area contributed by atoms with Gasteiger partial charge >= 0.3 is 5.97 Å². The van der Waals surface area contributed by atoms with Crippen molar-refractivity contribution in [3.63, 3.8) is 0 Å². The van der Waals surface area contributed by atoms with Crippen molar-refractivity contribution in [2.75, 3.05) is 26.3 Å². The van der Waals surface area contributed by atoms with E-state index in [1.165, 1.54) is 4.90 Å². The number of carbonyl (C=O) groups is 3. The van der Waals surface area contributed by atoms with E-state index in [-0.39, 0.29) is 25.4 Å². The second-order valence-corrected chi connectivity index (χ2v) is 12.4. The van der Waals surface area contributed by atoms with Crippen molar-refractivity contribution in [1.82, 2.24) is 20.2 Å². The van der Waals surface area contributed by atoms with Gasteiger partial charge in [-0.15, -0.1) is 0 Å². The zero-order valence-electron chi connectivity index (χ0n) is 27.6. The monoisotopic (exact) mass is 650 g/mol. The molecule has 2 amide bonds. The normalized spacial score (nSPS) is 13.5. The van der Waals surface area contributed by atoms with Gasteiger partial charge in [0.05, 0.1) is 19.1 Å². The van der Waals surface area contributed by atoms with Crippen LogP contribution in [0.4, 0.5) is 0 Å². The van der Waals surface area contributed by atoms with E-state index >= 15 is 0 Å². The van der Waals surface area contributed by atoms with Crippen LogP contribution in [0.15, 0.2) is 85.2 Å². The average molecular weight is 651 g/mol. The molecule has 1 atom stereocenters. The third kappa shape index (κ3) is 8.96. The van der Waals surface area contributed by atoms with Crippen LogP contribution in [0.25, 0.3) is 22.5 Å². The average Bonchev–Trinajstić information content (AvgIpc) is 3.06. The molecule has 1 aliphatic rings. The van der Waals surface area contributed by atoms with Crippen LogP contribution in [-0.2, 0) is 16.0 Å². The van der Waals surface area contributed by atoms with Gasteiger partial charge in [-0.2, -0.15) is 0 Å². The Kier molecular flexibility index (Phi) is 11.4. The van der Waals surface area contributed by atoms with Crippen LogP contribution in [0.1, 0.15) is 49.5 Å². The van der Waals surface area contributed by atoms with Crippen molar-refractivity contribution >= 4 is 17.8 Å². The Bertz CT molecular complexity index is 1670. The summed E-state index contributed by atoms with van der Waals surface area (Å²) in [6, 6.07) is 21.3. The first-order chi connectivity index (χ1) is 23.2. The maximum atomic E-state index is 13.4. The number of hydrogen-bond acceptors (Lipinski definition) is 7. The molecular formula is C38H42N4O6. The lowest BCUT2D eigenvalue weighted by Crippen LogP contribution is -2.59. The number of hydrogen-bond donors (Lipinski definition) is 2. The summed E-state index contributed by atoms with van der Waals surface area (Å²) in [6.07, 6.45) is 5.98. The first-order valence-corrected chi connectivity index (χ1v) is 16.4. The molecular weight excluding hydrogens is 608 g/mol. The summed E-state index contributed by atoms with van der Waals surface area (Å²) in [5, 5.41) is 12.1. The van der Waals surface area contributed by atoms with Crippen LogP contribution in [0.2, 0.25) is 0 Å². The molecule has 5 rings (SSSR count). The largest absolute Gasteiger partial charge is 0.494 e. The number of benzene rings is 3. The molecule has 0 saturated carbocycles. The highest BCUT2D eigenvalue weighted by Gasteiger charge is 2.38. The zero-order chi connectivity index (χ0) is 34.0. The summed E-state index contributed by atoms with van der Waals surface area (Å²) >= 11 is 0. The molecule has 1 saturated heterocycles. The third-order valence-corrected chi connectivity index (χ3v) is 8.26. The van der Waals surface area contributed by atoms with Crippen molar-refractivity contribution in [2.24, 2.45) is 11.8 Å². The molecule has 10 nitrogen and oxygen atoms in total. The van der Waals surface area contributed by atoms with Crippen molar-refractivity contribution in [3.05, 3.63) is 96.3 Å². The molecule has 2 N–H and O–H groups in total. The van der Waals surface area contributed by atoms with Crippen LogP contribution in [0, 0.1) is 11.8 Å². The van der Waals surface area contributed by atoms with E-state index in [1.807, 2.05) is 55.5 Å². The standard InChI is InChI=1S/C38H42N4O6/c1-4-47-32-17-13-29(14-18-32)36(43)41-34(37(44)42-23-31(24-42)38(45)46)20-26-7-9-28(10-8-26)35-39-21-30(22-40-35)27-11-15-33(16-12-27)48-19-5-6-25(2)3/h7-18,21-22,25,31,34H,4-6,19-20,23-24H2,1-3H3,(H,41,43)(H,45,46). The number of carboxylic acid groups (broad SMARTS) is 1. The molecule has 3 aromatic carbocycles. The fraction of sp³-hybridized carbons (Fsp3) is 0.342. The Balaban J connectivity index is 1.23. The minimum absolute atomic E-state index is 0.117. The fourth-order valence-corrected chi connectivity index (χ4v) is 5.42. The lowest BCUT2D eigenvalue weighted by molar-refractivity contribution is -0.153. The lowest BCUT2D eigenvalue weighted by atomic mass is 9.96. The van der Waals surface area contributed by atoms with E-state index in [0.29, 0.717) is 36.3 Å². The molecule has 1 aliphatic heterocycles. The molecule has 2 heterocycles. The maximum absolute atomic E-state index is 13.4. The van der Waals surface area contributed by atoms with E-state index < -0.39 is 23.8 Å². The molecule has 4 aromatic rings. The van der Waals surface area contributed by atoms with Gasteiger partial charge < -0.3 is 24.8 Å². The predicted octanol–water partition coefficient (Wildman–Crippen LogP) is 5.91. The van der Waals surface area contributed by atoms with Gasteiger partial charge in [0.15, 0.2) is 5.82 Å². The maximum Gasteiger partial charge on any atom is 0.310 e. The highest BCUT2D eigenvalue weighted by Crippen LogP contribution is 2.24. The number of rotatable bonds is 15. The number of nitrogens with zero attached hydrogens (tertiary/aromatic N) is 3. The van der Waals surface area contributed by atoms with Crippen molar-refractivity contribution < 1.29 is 29.0 Å². The lowest BCUT2D eigenvalue weighted by Gasteiger charge is -2.39. The second-order valence-electron chi connectivity index (χ2n) is 12.4. The van der Waals surface area contributed by atoms with Gasteiger partial charge in [-0.3, -0.25) is 14.4 Å². The van der Waals surface area contributed by atoms with Gasteiger partial charge in [0, 0.05) is 48.6 Å². The predicted molar refractivity (Wildman–Crippen MR) is 183 cm³/mol. The van der Waals surface area contributed by atoms with E-state index in [9.17, 15) is 19.5 Å². The van der Waals surface area contributed by atoms with Crippen molar-refractivity contribution in [3.8, 4) is 34.0 Å². The Labute approximate surface area is 281 Å². The number of nitrogens with one attached hydrogen (secondary N) is 1. The van der Waals surface area contributed by atoms with E-state index in [4.69, 9.17) is 9.47 Å². The summed E-state index contributed by atoms with van der Waals surface area (Å²) in [5.74, 6) is 0.465. The van der Waals surface area contributed by atoms with Crippen LogP contribution < -0.4 is 14.8 Å². The highest BCUT2D eigenvalue weighted by atomic mass is 16.5. The van der Waals surface area contributed by atoms with Crippen LogP contribution in [0.3, 0.4) is 0 Å². The zero-order valence-corrected chi connectivity index (χ0v) is 27.6. The summed E-state index contributed by atoms with van der Waals surface area (Å²) < 4.78 is 11.3. The number of ether oxygens (including phenoxy) is 2. The Morgan fingerprint density at radius 3 is 2.06 bits per heavy atom. The molecule has 1 aromatic heterocycles. The highest BCUT2D eigenvalue weighted by molar-refractivity contribution is 5.98. The molecule has 0 aliphatic carbocycles. The number of carboxylic acids is 1. The summed E-state index contributed by atoms with van der Waals surface area (Å²) in [6.45, 7) is 7.75. The van der Waals surface area contributed by atoms with Gasteiger partial charge in [0.2, 0.25) is 5.91 Å². The Morgan fingerprint density at radius 1 is 0.854 bits per heavy atom. The molecule has 48 heavy (non-hydrogen) atoms. The first kappa shape index (κ1) is 34.1. The first-order valence-electron chi connectivity index (χ1n) is 16.4. The second kappa shape index (κ2) is 16.0. The number of amides is 2. The number of carbonyl (C=O) groups excluding carboxylic acids is 2. The molecule has 250 valence electrons. The number of aromatic nitrogens is 2. The minimum Gasteiger partial charge on any atom is -0.494 e. The van der Waals surface area contributed by atoms with Gasteiger partial charge in [-0.05, 0) is 73.2 Å². The summed E-state index contributed by atoms with van der Waals surface area (Å²) in [4.78, 5) is 48.5.